The number of hydrogen-bond acceptors (Lipinski definition) is 5. The van der Waals surface area contributed by atoms with Crippen molar-refractivity contribution >= 4 is 16.9 Å². The van der Waals surface area contributed by atoms with Gasteiger partial charge in [-0.1, -0.05) is 24.3 Å². The molecule has 142 valence electrons. The number of phenols is 1. The molecule has 2 aromatic heterocycles. The molecule has 0 radical (unpaired) electrons. The Kier molecular flexibility index (Phi) is 4.85. The van der Waals surface area contributed by atoms with Gasteiger partial charge in [-0.25, -0.2) is 9.97 Å². The topological polar surface area (TPSA) is 83.1 Å². The predicted molar refractivity (Wildman–Crippen MR) is 110 cm³/mol. The summed E-state index contributed by atoms with van der Waals surface area (Å²) in [7, 11) is 0. The predicted octanol–water partition coefficient (Wildman–Crippen LogP) is 4.57. The highest BCUT2D eigenvalue weighted by molar-refractivity contribution is 5.86. The molecule has 2 aromatic carbocycles. The number of aromatic nitrogens is 3. The van der Waals surface area contributed by atoms with Gasteiger partial charge in [0.1, 0.15) is 0 Å². The minimum Gasteiger partial charge on any atom is -0.504 e. The first kappa shape index (κ1) is 17.9. The molecule has 0 aliphatic rings. The first-order valence-corrected chi connectivity index (χ1v) is 9.24. The molecular weight excluding hydrogens is 352 g/mol. The summed E-state index contributed by atoms with van der Waals surface area (Å²) in [6, 6.07) is 15.2. The van der Waals surface area contributed by atoms with Gasteiger partial charge in [-0.3, -0.25) is 0 Å². The van der Waals surface area contributed by atoms with Crippen LogP contribution in [0, 0.1) is 6.92 Å². The highest BCUT2D eigenvalue weighted by atomic mass is 16.5. The Hall–Kier alpha value is -3.54. The van der Waals surface area contributed by atoms with Crippen molar-refractivity contribution in [1.29, 1.82) is 0 Å². The lowest BCUT2D eigenvalue weighted by atomic mass is 9.95. The van der Waals surface area contributed by atoms with E-state index >= 15 is 0 Å². The van der Waals surface area contributed by atoms with Crippen LogP contribution in [0.3, 0.4) is 0 Å². The van der Waals surface area contributed by atoms with Gasteiger partial charge in [0.15, 0.2) is 11.5 Å². The lowest BCUT2D eigenvalue weighted by Crippen LogP contribution is -2.15. The number of aryl methyl sites for hydroxylation is 1. The highest BCUT2D eigenvalue weighted by Gasteiger charge is 2.23. The van der Waals surface area contributed by atoms with Crippen molar-refractivity contribution in [1.82, 2.24) is 15.0 Å². The summed E-state index contributed by atoms with van der Waals surface area (Å²) in [6.45, 7) is 4.42. The number of para-hydroxylation sites is 1. The van der Waals surface area contributed by atoms with Crippen LogP contribution >= 0.6 is 0 Å². The van der Waals surface area contributed by atoms with Crippen LogP contribution in [-0.4, -0.2) is 26.7 Å². The van der Waals surface area contributed by atoms with E-state index in [1.165, 1.54) is 0 Å². The van der Waals surface area contributed by atoms with Gasteiger partial charge in [-0.15, -0.1) is 0 Å². The third-order valence-corrected chi connectivity index (χ3v) is 4.69. The summed E-state index contributed by atoms with van der Waals surface area (Å²) in [5, 5.41) is 14.7. The summed E-state index contributed by atoms with van der Waals surface area (Å²) in [4.78, 5) is 12.1. The number of H-pyrrole nitrogens is 1. The quantitative estimate of drug-likeness (QED) is 0.460. The molecule has 6 nitrogen and oxygen atoms in total. The lowest BCUT2D eigenvalue weighted by Gasteiger charge is -2.21. The van der Waals surface area contributed by atoms with E-state index in [9.17, 15) is 5.11 Å². The number of hydrogen-bond donors (Lipinski definition) is 3. The minimum absolute atomic E-state index is 0.121. The molecular formula is C22H22N4O2. The standard InChI is InChI=1S/C22H22N4O2/c1-3-28-19-13-15(9-10-18(19)27)21(26-22-23-11-6-12-24-22)20-14(2)25-17-8-5-4-7-16(17)20/h4-13,21,25,27H,3H2,1-2H3,(H,23,24,26). The molecule has 1 unspecified atom stereocenters. The average molecular weight is 374 g/mol. The fraction of sp³-hybridized carbons (Fsp3) is 0.182. The number of aromatic hydroxyl groups is 1. The van der Waals surface area contributed by atoms with Gasteiger partial charge in [0.05, 0.1) is 12.6 Å². The fourth-order valence-corrected chi connectivity index (χ4v) is 3.48. The van der Waals surface area contributed by atoms with Gasteiger partial charge < -0.3 is 20.1 Å². The normalized spacial score (nSPS) is 12.1. The zero-order valence-corrected chi connectivity index (χ0v) is 15.8. The maximum absolute atomic E-state index is 10.1. The van der Waals surface area contributed by atoms with E-state index in [2.05, 4.69) is 39.3 Å². The summed E-state index contributed by atoms with van der Waals surface area (Å²) < 4.78 is 5.60. The van der Waals surface area contributed by atoms with E-state index in [0.717, 1.165) is 27.7 Å². The molecule has 0 aliphatic heterocycles. The van der Waals surface area contributed by atoms with Crippen LogP contribution in [0.2, 0.25) is 0 Å². The molecule has 6 heteroatoms. The second-order valence-electron chi connectivity index (χ2n) is 6.52. The molecule has 2 heterocycles. The Morgan fingerprint density at radius 2 is 1.89 bits per heavy atom. The van der Waals surface area contributed by atoms with Gasteiger partial charge in [0.2, 0.25) is 5.95 Å². The fourth-order valence-electron chi connectivity index (χ4n) is 3.48. The van der Waals surface area contributed by atoms with Gasteiger partial charge >= 0.3 is 0 Å². The number of nitrogens with one attached hydrogen (secondary N) is 2. The molecule has 0 spiro atoms. The van der Waals surface area contributed by atoms with Crippen molar-refractivity contribution in [2.24, 2.45) is 0 Å². The van der Waals surface area contributed by atoms with E-state index < -0.39 is 0 Å². The molecule has 0 saturated carbocycles. The highest BCUT2D eigenvalue weighted by Crippen LogP contribution is 2.37. The molecule has 4 aromatic rings. The van der Waals surface area contributed by atoms with Gasteiger partial charge in [-0.05, 0) is 43.7 Å². The van der Waals surface area contributed by atoms with E-state index in [1.54, 1.807) is 24.5 Å². The van der Waals surface area contributed by atoms with Crippen LogP contribution in [0.5, 0.6) is 11.5 Å². The number of ether oxygens (including phenoxy) is 1. The maximum atomic E-state index is 10.1. The Labute approximate surface area is 163 Å². The number of fused-ring (bicyclic) bond motifs is 1. The van der Waals surface area contributed by atoms with Crippen molar-refractivity contribution in [3.8, 4) is 11.5 Å². The smallest absolute Gasteiger partial charge is 0.223 e. The molecule has 1 atom stereocenters. The number of rotatable bonds is 6. The summed E-state index contributed by atoms with van der Waals surface area (Å²) >= 11 is 0. The van der Waals surface area contributed by atoms with Crippen molar-refractivity contribution in [2.75, 3.05) is 11.9 Å². The third-order valence-electron chi connectivity index (χ3n) is 4.69. The molecule has 3 N–H and O–H groups in total. The third kappa shape index (κ3) is 3.36. The van der Waals surface area contributed by atoms with Crippen molar-refractivity contribution in [2.45, 2.75) is 19.9 Å². The van der Waals surface area contributed by atoms with Gasteiger partial charge in [0.25, 0.3) is 0 Å². The minimum atomic E-state index is -0.224. The van der Waals surface area contributed by atoms with Gasteiger partial charge in [0, 0.05) is 34.6 Å². The SMILES string of the molecule is CCOc1cc(C(Nc2ncccn2)c2c(C)[nH]c3ccccc23)ccc1O. The number of benzene rings is 2. The first-order chi connectivity index (χ1) is 13.7. The number of aromatic amines is 1. The Morgan fingerprint density at radius 3 is 2.68 bits per heavy atom. The van der Waals surface area contributed by atoms with E-state index in [4.69, 9.17) is 4.74 Å². The van der Waals surface area contributed by atoms with E-state index in [0.29, 0.717) is 18.3 Å². The van der Waals surface area contributed by atoms with Crippen LogP contribution in [0.15, 0.2) is 60.9 Å². The van der Waals surface area contributed by atoms with Crippen LogP contribution in [0.4, 0.5) is 5.95 Å². The second-order valence-corrected chi connectivity index (χ2v) is 6.52. The number of phenolic OH excluding ortho intramolecular Hbond substituents is 1. The summed E-state index contributed by atoms with van der Waals surface area (Å²) in [5.41, 5.74) is 4.18. The Morgan fingerprint density at radius 1 is 1.11 bits per heavy atom. The molecule has 0 aliphatic carbocycles. The van der Waals surface area contributed by atoms with Crippen LogP contribution in [-0.2, 0) is 0 Å². The number of nitrogens with zero attached hydrogens (tertiary/aromatic N) is 2. The molecule has 28 heavy (non-hydrogen) atoms. The van der Waals surface area contributed by atoms with Crippen LogP contribution in [0.25, 0.3) is 10.9 Å². The zero-order valence-electron chi connectivity index (χ0n) is 15.8. The van der Waals surface area contributed by atoms with E-state index in [-0.39, 0.29) is 11.8 Å². The molecule has 4 rings (SSSR count). The molecule has 0 fully saturated rings. The molecule has 0 bridgehead atoms. The largest absolute Gasteiger partial charge is 0.504 e. The first-order valence-electron chi connectivity index (χ1n) is 9.24. The second kappa shape index (κ2) is 7.60. The average Bonchev–Trinajstić information content (AvgIpc) is 3.04. The van der Waals surface area contributed by atoms with Crippen molar-refractivity contribution < 1.29 is 9.84 Å². The van der Waals surface area contributed by atoms with Crippen LogP contribution < -0.4 is 10.1 Å². The summed E-state index contributed by atoms with van der Waals surface area (Å²) in [5.74, 6) is 1.11. The summed E-state index contributed by atoms with van der Waals surface area (Å²) in [6.07, 6.45) is 3.41. The Bertz CT molecular complexity index is 1090. The number of anilines is 1. The van der Waals surface area contributed by atoms with Crippen LogP contribution in [0.1, 0.15) is 29.8 Å². The van der Waals surface area contributed by atoms with E-state index in [1.807, 2.05) is 31.2 Å². The zero-order chi connectivity index (χ0) is 19.5. The maximum Gasteiger partial charge on any atom is 0.223 e. The monoisotopic (exact) mass is 374 g/mol. The van der Waals surface area contributed by atoms with Gasteiger partial charge in [-0.2, -0.15) is 0 Å². The van der Waals surface area contributed by atoms with Crippen molar-refractivity contribution in [3.05, 3.63) is 77.7 Å². The van der Waals surface area contributed by atoms with Crippen molar-refractivity contribution in [3.63, 3.8) is 0 Å². The lowest BCUT2D eigenvalue weighted by molar-refractivity contribution is 0.317. The Balaban J connectivity index is 1.87. The molecule has 0 saturated heterocycles. The molecule has 0 amide bonds.